The van der Waals surface area contributed by atoms with Gasteiger partial charge in [-0.1, -0.05) is 31.4 Å². The molecule has 0 radical (unpaired) electrons. The van der Waals surface area contributed by atoms with Crippen molar-refractivity contribution >= 4 is 5.96 Å². The zero-order valence-electron chi connectivity index (χ0n) is 13.0. The lowest BCUT2D eigenvalue weighted by Crippen LogP contribution is -2.38. The molecule has 0 bridgehead atoms. The van der Waals surface area contributed by atoms with Crippen LogP contribution in [0.2, 0.25) is 0 Å². The van der Waals surface area contributed by atoms with Crippen molar-refractivity contribution in [3.63, 3.8) is 0 Å². The Morgan fingerprint density at radius 1 is 1.24 bits per heavy atom. The lowest BCUT2D eigenvalue weighted by Gasteiger charge is -2.11. The normalized spacial score (nSPS) is 10.8. The van der Waals surface area contributed by atoms with Gasteiger partial charge in [0.15, 0.2) is 5.96 Å². The summed E-state index contributed by atoms with van der Waals surface area (Å²) in [6, 6.07) is 8.00. The van der Waals surface area contributed by atoms with Crippen LogP contribution in [0.1, 0.15) is 25.3 Å². The second-order valence-corrected chi connectivity index (χ2v) is 4.67. The Bertz CT molecular complexity index is 460. The minimum atomic E-state index is 0.306. The summed E-state index contributed by atoms with van der Waals surface area (Å²) < 4.78 is 5.34. The third kappa shape index (κ3) is 7.26. The van der Waals surface area contributed by atoms with Gasteiger partial charge in [-0.05, 0) is 30.5 Å². The highest BCUT2D eigenvalue weighted by atomic mass is 16.5. The summed E-state index contributed by atoms with van der Waals surface area (Å²) in [7, 11) is 1.79. The van der Waals surface area contributed by atoms with Crippen LogP contribution in [0.4, 0.5) is 0 Å². The maximum absolute atomic E-state index is 5.34. The molecular weight excluding hydrogens is 262 g/mol. The topological polar surface area (TPSA) is 45.6 Å². The van der Waals surface area contributed by atoms with Crippen molar-refractivity contribution in [3.8, 4) is 18.1 Å². The fraction of sp³-hybridized carbons (Fsp3) is 0.471. The molecule has 2 N–H and O–H groups in total. The van der Waals surface area contributed by atoms with Gasteiger partial charge in [0.05, 0.1) is 0 Å². The van der Waals surface area contributed by atoms with E-state index in [4.69, 9.17) is 11.2 Å². The zero-order valence-corrected chi connectivity index (χ0v) is 13.0. The van der Waals surface area contributed by atoms with E-state index in [1.165, 1.54) is 12.0 Å². The van der Waals surface area contributed by atoms with E-state index >= 15 is 0 Å². The molecule has 0 atom stereocenters. The van der Waals surface area contributed by atoms with Crippen LogP contribution < -0.4 is 15.4 Å². The third-order valence-corrected chi connectivity index (χ3v) is 3.00. The summed E-state index contributed by atoms with van der Waals surface area (Å²) in [5, 5.41) is 6.60. The lowest BCUT2D eigenvalue weighted by molar-refractivity contribution is 0.370. The number of guanidine groups is 1. The molecule has 114 valence electrons. The molecule has 0 unspecified atom stereocenters. The van der Waals surface area contributed by atoms with Crippen LogP contribution in [0, 0.1) is 12.3 Å². The highest BCUT2D eigenvalue weighted by Gasteiger charge is 1.98. The van der Waals surface area contributed by atoms with Crippen LogP contribution in [0.25, 0.3) is 0 Å². The fourth-order valence-corrected chi connectivity index (χ4v) is 1.81. The predicted molar refractivity (Wildman–Crippen MR) is 88.7 cm³/mol. The van der Waals surface area contributed by atoms with Crippen molar-refractivity contribution in [2.75, 3.05) is 26.7 Å². The van der Waals surface area contributed by atoms with Gasteiger partial charge in [0, 0.05) is 20.1 Å². The van der Waals surface area contributed by atoms with Gasteiger partial charge < -0.3 is 15.4 Å². The molecule has 1 rings (SSSR count). The quantitative estimate of drug-likeness (QED) is 0.333. The molecule has 0 aliphatic rings. The Hall–Kier alpha value is -2.15. The second kappa shape index (κ2) is 10.6. The van der Waals surface area contributed by atoms with E-state index in [0.717, 1.165) is 37.6 Å². The average molecular weight is 287 g/mol. The number of terminal acetylenes is 1. The number of nitrogens with zero attached hydrogens (tertiary/aromatic N) is 1. The Morgan fingerprint density at radius 2 is 1.95 bits per heavy atom. The summed E-state index contributed by atoms with van der Waals surface area (Å²) in [4.78, 5) is 4.19. The first-order valence-corrected chi connectivity index (χ1v) is 7.39. The number of aliphatic imine (C=N–C) groups is 1. The van der Waals surface area contributed by atoms with E-state index in [0.29, 0.717) is 6.61 Å². The van der Waals surface area contributed by atoms with Gasteiger partial charge >= 0.3 is 0 Å². The molecular formula is C17H25N3O. The van der Waals surface area contributed by atoms with Crippen LogP contribution in [-0.2, 0) is 6.42 Å². The van der Waals surface area contributed by atoms with Crippen LogP contribution >= 0.6 is 0 Å². The van der Waals surface area contributed by atoms with Crippen LogP contribution in [0.3, 0.4) is 0 Å². The van der Waals surface area contributed by atoms with Crippen molar-refractivity contribution < 1.29 is 4.74 Å². The smallest absolute Gasteiger partial charge is 0.190 e. The minimum Gasteiger partial charge on any atom is -0.481 e. The minimum absolute atomic E-state index is 0.306. The van der Waals surface area contributed by atoms with Gasteiger partial charge in [0.1, 0.15) is 12.4 Å². The molecule has 0 fully saturated rings. The number of hydrogen-bond acceptors (Lipinski definition) is 2. The van der Waals surface area contributed by atoms with Crippen LogP contribution in [0.5, 0.6) is 5.75 Å². The molecule has 21 heavy (non-hydrogen) atoms. The van der Waals surface area contributed by atoms with Crippen molar-refractivity contribution in [3.05, 3.63) is 29.8 Å². The molecule has 4 nitrogen and oxygen atoms in total. The van der Waals surface area contributed by atoms with Crippen molar-refractivity contribution in [1.29, 1.82) is 0 Å². The predicted octanol–water partition coefficient (Wildman–Crippen LogP) is 2.21. The van der Waals surface area contributed by atoms with Crippen LogP contribution in [0.15, 0.2) is 29.3 Å². The highest BCUT2D eigenvalue weighted by molar-refractivity contribution is 5.79. The van der Waals surface area contributed by atoms with Gasteiger partial charge in [-0.15, -0.1) is 6.42 Å². The molecule has 0 heterocycles. The van der Waals surface area contributed by atoms with E-state index < -0.39 is 0 Å². The number of rotatable bonds is 8. The van der Waals surface area contributed by atoms with Gasteiger partial charge in [0.25, 0.3) is 0 Å². The first kappa shape index (κ1) is 16.9. The molecule has 1 aromatic carbocycles. The SMILES string of the molecule is C#CCOc1ccc(CCNC(=NC)NCCCC)cc1. The van der Waals surface area contributed by atoms with Gasteiger partial charge in [-0.3, -0.25) is 4.99 Å². The summed E-state index contributed by atoms with van der Waals surface area (Å²) in [6.07, 6.45) is 8.42. The van der Waals surface area contributed by atoms with Gasteiger partial charge in [0.2, 0.25) is 0 Å². The molecule has 0 amide bonds. The van der Waals surface area contributed by atoms with Crippen molar-refractivity contribution in [1.82, 2.24) is 10.6 Å². The Kier molecular flexibility index (Phi) is 8.54. The van der Waals surface area contributed by atoms with Gasteiger partial charge in [-0.2, -0.15) is 0 Å². The standard InChI is InChI=1S/C17H25N3O/c1-4-6-12-19-17(18-3)20-13-11-15-7-9-16(10-8-15)21-14-5-2/h2,7-10H,4,6,11-14H2,1,3H3,(H2,18,19,20). The molecule has 0 aliphatic carbocycles. The highest BCUT2D eigenvalue weighted by Crippen LogP contribution is 2.12. The van der Waals surface area contributed by atoms with E-state index in [2.05, 4.69) is 40.6 Å². The molecule has 0 spiro atoms. The maximum Gasteiger partial charge on any atom is 0.190 e. The number of hydrogen-bond donors (Lipinski definition) is 2. The number of ether oxygens (including phenoxy) is 1. The number of unbranched alkanes of at least 4 members (excludes halogenated alkanes) is 1. The first-order valence-electron chi connectivity index (χ1n) is 7.39. The molecule has 0 aromatic heterocycles. The maximum atomic E-state index is 5.34. The molecule has 0 aliphatic heterocycles. The van der Waals surface area contributed by atoms with Crippen molar-refractivity contribution in [2.24, 2.45) is 4.99 Å². The first-order chi connectivity index (χ1) is 10.3. The monoisotopic (exact) mass is 287 g/mol. The summed E-state index contributed by atoms with van der Waals surface area (Å²) in [6.45, 7) is 4.28. The van der Waals surface area contributed by atoms with E-state index in [1.807, 2.05) is 12.1 Å². The largest absolute Gasteiger partial charge is 0.481 e. The molecule has 4 heteroatoms. The number of benzene rings is 1. The second-order valence-electron chi connectivity index (χ2n) is 4.67. The summed E-state index contributed by atoms with van der Waals surface area (Å²) in [5.41, 5.74) is 1.25. The fourth-order valence-electron chi connectivity index (χ4n) is 1.81. The van der Waals surface area contributed by atoms with Crippen LogP contribution in [-0.4, -0.2) is 32.7 Å². The number of nitrogens with one attached hydrogen (secondary N) is 2. The Balaban J connectivity index is 2.29. The average Bonchev–Trinajstić information content (AvgIpc) is 2.52. The molecule has 0 saturated heterocycles. The zero-order chi connectivity index (χ0) is 15.3. The Morgan fingerprint density at radius 3 is 2.57 bits per heavy atom. The van der Waals surface area contributed by atoms with E-state index in [-0.39, 0.29) is 0 Å². The van der Waals surface area contributed by atoms with E-state index in [1.54, 1.807) is 7.05 Å². The molecule has 0 saturated carbocycles. The third-order valence-electron chi connectivity index (χ3n) is 3.00. The molecule has 1 aromatic rings. The Labute approximate surface area is 128 Å². The van der Waals surface area contributed by atoms with Crippen molar-refractivity contribution in [2.45, 2.75) is 26.2 Å². The summed E-state index contributed by atoms with van der Waals surface area (Å²) >= 11 is 0. The summed E-state index contributed by atoms with van der Waals surface area (Å²) in [5.74, 6) is 4.12. The van der Waals surface area contributed by atoms with E-state index in [9.17, 15) is 0 Å². The van der Waals surface area contributed by atoms with Gasteiger partial charge in [-0.25, -0.2) is 0 Å². The lowest BCUT2D eigenvalue weighted by atomic mass is 10.1.